The van der Waals surface area contributed by atoms with Crippen LogP contribution in [-0.2, 0) is 4.74 Å². The maximum Gasteiger partial charge on any atom is 0.340 e. The quantitative estimate of drug-likeness (QED) is 0.358. The van der Waals surface area contributed by atoms with Crippen LogP contribution >= 0.6 is 0 Å². The van der Waals surface area contributed by atoms with Crippen molar-refractivity contribution < 1.29 is 20.9 Å². The lowest BCUT2D eigenvalue weighted by Crippen LogP contribution is -2.21. The van der Waals surface area contributed by atoms with Gasteiger partial charge in [0.1, 0.15) is 6.73 Å². The first kappa shape index (κ1) is 16.9. The average Bonchev–Trinajstić information content (AvgIpc) is 2.45. The lowest BCUT2D eigenvalue weighted by Gasteiger charge is -2.07. The Morgan fingerprint density at radius 1 is 1.37 bits per heavy atom. The Kier molecular flexibility index (Phi) is 8.74. The van der Waals surface area contributed by atoms with E-state index in [1.54, 1.807) is 18.2 Å². The van der Waals surface area contributed by atoms with Crippen molar-refractivity contribution in [2.24, 2.45) is 0 Å². The van der Waals surface area contributed by atoms with Gasteiger partial charge in [0.2, 0.25) is 0 Å². The molecule has 0 amide bonds. The molecule has 0 aliphatic carbocycles. The van der Waals surface area contributed by atoms with Gasteiger partial charge >= 0.3 is 11.9 Å². The van der Waals surface area contributed by atoms with Crippen LogP contribution in [0.2, 0.25) is 0 Å². The molecule has 0 saturated carbocycles. The summed E-state index contributed by atoms with van der Waals surface area (Å²) in [7, 11) is 0. The second-order valence-electron chi connectivity index (χ2n) is 3.17. The van der Waals surface area contributed by atoms with E-state index in [-0.39, 0.29) is 19.3 Å². The summed E-state index contributed by atoms with van der Waals surface area (Å²) in [6.45, 7) is 8.01. The predicted octanol–water partition coefficient (Wildman–Crippen LogP) is 2.55. The Hall–Kier alpha value is -2.14. The van der Waals surface area contributed by atoms with Crippen molar-refractivity contribution in [2.45, 2.75) is 13.8 Å². The number of carboxylic acid groups (broad SMARTS) is 1. The number of carbonyl (C=O) groups excluding carboxylic acids is 1. The minimum atomic E-state index is -1.16. The Morgan fingerprint density at radius 2 is 1.95 bits per heavy atom. The second-order valence-corrected chi connectivity index (χ2v) is 3.17. The van der Waals surface area contributed by atoms with Crippen molar-refractivity contribution in [1.29, 1.82) is 0 Å². The number of carboxylic acids is 1. The number of aromatic carboxylic acids is 1. The third kappa shape index (κ3) is 5.83. The molecule has 0 fully saturated rings. The summed E-state index contributed by atoms with van der Waals surface area (Å²) < 4.78 is 4.86. The standard InChI is InChI=1S/C12H13NO4.C2H6.H2/c1-2-7-13-8-17-12(16)10-6-4-3-5-9(10)11(14)15;1-2;/h2-6,13H,1,7-8H2,(H,14,15);1-2H3;1H. The van der Waals surface area contributed by atoms with Crippen LogP contribution in [0.5, 0.6) is 0 Å². The second kappa shape index (κ2) is 9.85. The van der Waals surface area contributed by atoms with E-state index in [9.17, 15) is 9.59 Å². The van der Waals surface area contributed by atoms with Gasteiger partial charge in [0.15, 0.2) is 0 Å². The van der Waals surface area contributed by atoms with Crippen LogP contribution in [0, 0.1) is 0 Å². The number of nitrogens with one attached hydrogen (secondary N) is 1. The van der Waals surface area contributed by atoms with Gasteiger partial charge in [-0.1, -0.05) is 32.1 Å². The zero-order valence-electron chi connectivity index (χ0n) is 11.2. The van der Waals surface area contributed by atoms with Crippen molar-refractivity contribution in [2.75, 3.05) is 13.3 Å². The molecule has 0 aliphatic rings. The molecule has 106 valence electrons. The van der Waals surface area contributed by atoms with Gasteiger partial charge in [0, 0.05) is 7.97 Å². The largest absolute Gasteiger partial charge is 0.478 e. The van der Waals surface area contributed by atoms with Gasteiger partial charge < -0.3 is 9.84 Å². The number of rotatable bonds is 6. The van der Waals surface area contributed by atoms with Gasteiger partial charge in [-0.15, -0.1) is 6.58 Å². The van der Waals surface area contributed by atoms with Gasteiger partial charge in [0.05, 0.1) is 11.1 Å². The molecule has 0 spiro atoms. The Labute approximate surface area is 114 Å². The van der Waals surface area contributed by atoms with Gasteiger partial charge in [-0.25, -0.2) is 9.59 Å². The molecule has 2 N–H and O–H groups in total. The highest BCUT2D eigenvalue weighted by molar-refractivity contribution is 6.02. The minimum Gasteiger partial charge on any atom is -0.478 e. The summed E-state index contributed by atoms with van der Waals surface area (Å²) in [5, 5.41) is 11.7. The molecule has 19 heavy (non-hydrogen) atoms. The maximum atomic E-state index is 11.6. The number of hydrogen-bond acceptors (Lipinski definition) is 4. The summed E-state index contributed by atoms with van der Waals surface area (Å²) in [4.78, 5) is 22.4. The topological polar surface area (TPSA) is 75.6 Å². The third-order valence-electron chi connectivity index (χ3n) is 1.97. The summed E-state index contributed by atoms with van der Waals surface area (Å²) in [5.41, 5.74) is -0.0263. The van der Waals surface area contributed by atoms with Gasteiger partial charge in [0.25, 0.3) is 0 Å². The molecule has 1 rings (SSSR count). The molecule has 0 atom stereocenters. The van der Waals surface area contributed by atoms with Crippen LogP contribution < -0.4 is 5.32 Å². The summed E-state index contributed by atoms with van der Waals surface area (Å²) in [6.07, 6.45) is 1.62. The molecule has 0 saturated heterocycles. The highest BCUT2D eigenvalue weighted by atomic mass is 16.5. The molecule has 0 bridgehead atoms. The van der Waals surface area contributed by atoms with Crippen molar-refractivity contribution >= 4 is 11.9 Å². The van der Waals surface area contributed by atoms with E-state index in [0.29, 0.717) is 6.54 Å². The van der Waals surface area contributed by atoms with E-state index < -0.39 is 11.9 Å². The molecule has 0 aromatic heterocycles. The fourth-order valence-corrected chi connectivity index (χ4v) is 1.20. The fraction of sp³-hybridized carbons (Fsp3) is 0.286. The first-order valence-electron chi connectivity index (χ1n) is 5.98. The Balaban J connectivity index is 0. The molecule has 0 heterocycles. The zero-order chi connectivity index (χ0) is 14.7. The van der Waals surface area contributed by atoms with Crippen molar-refractivity contribution in [3.63, 3.8) is 0 Å². The lowest BCUT2D eigenvalue weighted by atomic mass is 10.1. The summed E-state index contributed by atoms with van der Waals surface area (Å²) in [5.74, 6) is -1.82. The lowest BCUT2D eigenvalue weighted by molar-refractivity contribution is 0.0467. The van der Waals surface area contributed by atoms with Crippen LogP contribution in [0.1, 0.15) is 36.0 Å². The molecule has 1 aromatic rings. The number of hydrogen-bond donors (Lipinski definition) is 2. The van der Waals surface area contributed by atoms with Gasteiger partial charge in [-0.05, 0) is 12.1 Å². The first-order valence-corrected chi connectivity index (χ1v) is 5.98. The Bertz CT molecular complexity index is 435. The zero-order valence-corrected chi connectivity index (χ0v) is 11.2. The van der Waals surface area contributed by atoms with Gasteiger partial charge in [-0.3, -0.25) is 5.32 Å². The molecule has 5 heteroatoms. The number of carbonyl (C=O) groups is 2. The SMILES string of the molecule is C=CCNCOC(=O)c1ccccc1C(=O)O.CC.[HH]. The molecular weight excluding hydrogens is 246 g/mol. The van der Waals surface area contributed by atoms with E-state index in [2.05, 4.69) is 11.9 Å². The molecule has 5 nitrogen and oxygen atoms in total. The number of esters is 1. The van der Waals surface area contributed by atoms with Crippen LogP contribution in [0.15, 0.2) is 36.9 Å². The molecular formula is C14H21NO4. The normalized spacial score (nSPS) is 8.95. The molecule has 1 aromatic carbocycles. The monoisotopic (exact) mass is 267 g/mol. The van der Waals surface area contributed by atoms with E-state index >= 15 is 0 Å². The van der Waals surface area contributed by atoms with Crippen LogP contribution in [0.4, 0.5) is 0 Å². The van der Waals surface area contributed by atoms with Crippen molar-refractivity contribution in [3.05, 3.63) is 48.0 Å². The third-order valence-corrected chi connectivity index (χ3v) is 1.97. The van der Waals surface area contributed by atoms with Crippen LogP contribution in [0.3, 0.4) is 0 Å². The maximum absolute atomic E-state index is 11.6. The van der Waals surface area contributed by atoms with Crippen LogP contribution in [-0.4, -0.2) is 30.3 Å². The van der Waals surface area contributed by atoms with E-state index in [0.717, 1.165) is 0 Å². The number of ether oxygens (including phenoxy) is 1. The highest BCUT2D eigenvalue weighted by Gasteiger charge is 2.16. The first-order chi connectivity index (χ1) is 9.16. The average molecular weight is 267 g/mol. The van der Waals surface area contributed by atoms with E-state index in [4.69, 9.17) is 9.84 Å². The minimum absolute atomic E-state index is 0. The summed E-state index contributed by atoms with van der Waals surface area (Å²) >= 11 is 0. The van der Waals surface area contributed by atoms with Gasteiger partial charge in [-0.2, -0.15) is 0 Å². The Morgan fingerprint density at radius 3 is 2.47 bits per heavy atom. The molecule has 0 radical (unpaired) electrons. The summed E-state index contributed by atoms with van der Waals surface area (Å²) in [6, 6.07) is 5.91. The fourth-order valence-electron chi connectivity index (χ4n) is 1.20. The van der Waals surface area contributed by atoms with Crippen molar-refractivity contribution in [3.8, 4) is 0 Å². The van der Waals surface area contributed by atoms with E-state index in [1.807, 2.05) is 13.8 Å². The predicted molar refractivity (Wildman–Crippen MR) is 75.3 cm³/mol. The molecule has 0 aliphatic heterocycles. The highest BCUT2D eigenvalue weighted by Crippen LogP contribution is 2.09. The smallest absolute Gasteiger partial charge is 0.340 e. The van der Waals surface area contributed by atoms with E-state index in [1.165, 1.54) is 12.1 Å². The number of benzene rings is 1. The van der Waals surface area contributed by atoms with Crippen LogP contribution in [0.25, 0.3) is 0 Å². The van der Waals surface area contributed by atoms with Crippen molar-refractivity contribution in [1.82, 2.24) is 5.32 Å². The molecule has 0 unspecified atom stereocenters.